The molecule has 1 saturated carbocycles. The Morgan fingerprint density at radius 1 is 1.14 bits per heavy atom. The molecule has 1 saturated heterocycles. The predicted molar refractivity (Wildman–Crippen MR) is 78.3 cm³/mol. The number of hydrogen-bond donors (Lipinski definition) is 0. The van der Waals surface area contributed by atoms with Crippen LogP contribution in [0.5, 0.6) is 11.5 Å². The second-order valence-electron chi connectivity index (χ2n) is 6.86. The first-order valence-corrected chi connectivity index (χ1v) is 8.07. The van der Waals surface area contributed by atoms with Gasteiger partial charge in [-0.25, -0.2) is 4.79 Å². The fraction of sp³-hybridized carbons (Fsp3) is 0.588. The number of nitrogens with zero attached hydrogens (tertiary/aromatic N) is 1. The van der Waals surface area contributed by atoms with E-state index in [2.05, 4.69) is 11.9 Å². The van der Waals surface area contributed by atoms with Crippen molar-refractivity contribution in [1.82, 2.24) is 4.90 Å². The largest absolute Gasteiger partial charge is 0.458 e. The van der Waals surface area contributed by atoms with Crippen LogP contribution in [0.3, 0.4) is 0 Å². The second-order valence-corrected chi connectivity index (χ2v) is 6.86. The van der Waals surface area contributed by atoms with E-state index in [1.807, 2.05) is 6.07 Å². The van der Waals surface area contributed by atoms with E-state index in [1.54, 1.807) is 6.07 Å². The molecule has 2 fully saturated rings. The maximum Gasteiger partial charge on any atom is 0.338 e. The summed E-state index contributed by atoms with van der Waals surface area (Å²) in [6.07, 6.45) is 3.38. The average Bonchev–Trinajstić information content (AvgIpc) is 3.12. The Bertz CT molecular complexity index is 658. The molecule has 3 heterocycles. The number of benzene rings is 1. The Balaban J connectivity index is 1.66. The molecule has 1 aromatic carbocycles. The molecule has 116 valence electrons. The standard InChI is InChI=1S/C17H19NO4/c1-18-5-4-9-2-3-12-15(16(9)18)10-6-13-14(21-8-20-13)7-11(10)17(19)22-12/h6-7,9,12,15-16H,2-5,8H2,1H3/t9-,12+,15+,16+/m0/s1. The minimum Gasteiger partial charge on any atom is -0.458 e. The summed E-state index contributed by atoms with van der Waals surface area (Å²) in [5.41, 5.74) is 1.75. The summed E-state index contributed by atoms with van der Waals surface area (Å²) < 4.78 is 16.7. The van der Waals surface area contributed by atoms with Crippen molar-refractivity contribution in [3.63, 3.8) is 0 Å². The van der Waals surface area contributed by atoms with Gasteiger partial charge in [0.15, 0.2) is 11.5 Å². The SMILES string of the molecule is CN1CC[C@@H]2CC[C@H]3OC(=O)c4cc5c(cc4[C@H]3[C@@H]21)OCO5. The monoisotopic (exact) mass is 301 g/mol. The topological polar surface area (TPSA) is 48.0 Å². The van der Waals surface area contributed by atoms with Crippen LogP contribution < -0.4 is 9.47 Å². The van der Waals surface area contributed by atoms with E-state index >= 15 is 0 Å². The molecular weight excluding hydrogens is 282 g/mol. The molecule has 5 nitrogen and oxygen atoms in total. The van der Waals surface area contributed by atoms with E-state index in [-0.39, 0.29) is 24.8 Å². The smallest absolute Gasteiger partial charge is 0.338 e. The molecule has 0 radical (unpaired) electrons. The van der Waals surface area contributed by atoms with E-state index in [1.165, 1.54) is 6.42 Å². The normalized spacial score (nSPS) is 35.6. The summed E-state index contributed by atoms with van der Waals surface area (Å²) in [5, 5.41) is 0. The predicted octanol–water partition coefficient (Wildman–Crippen LogP) is 2.15. The molecule has 0 amide bonds. The minimum atomic E-state index is -0.214. The number of esters is 1. The highest BCUT2D eigenvalue weighted by molar-refractivity contribution is 5.94. The van der Waals surface area contributed by atoms with Crippen LogP contribution in [0.25, 0.3) is 0 Å². The van der Waals surface area contributed by atoms with Crippen LogP contribution >= 0.6 is 0 Å². The number of likely N-dealkylation sites (tertiary alicyclic amines) is 1. The molecule has 22 heavy (non-hydrogen) atoms. The lowest BCUT2D eigenvalue weighted by Gasteiger charge is -2.45. The maximum atomic E-state index is 12.4. The zero-order chi connectivity index (χ0) is 14.8. The van der Waals surface area contributed by atoms with Crippen LogP contribution in [0.4, 0.5) is 0 Å². The third-order valence-electron chi connectivity index (χ3n) is 5.82. The third kappa shape index (κ3) is 1.60. The Morgan fingerprint density at radius 3 is 2.82 bits per heavy atom. The lowest BCUT2D eigenvalue weighted by molar-refractivity contribution is -0.0124. The summed E-state index contributed by atoms with van der Waals surface area (Å²) >= 11 is 0. The Morgan fingerprint density at radius 2 is 1.95 bits per heavy atom. The second kappa shape index (κ2) is 4.38. The zero-order valence-corrected chi connectivity index (χ0v) is 12.6. The number of carbonyl (C=O) groups excluding carboxylic acids is 1. The van der Waals surface area contributed by atoms with Crippen molar-refractivity contribution in [3.05, 3.63) is 23.3 Å². The maximum absolute atomic E-state index is 12.4. The van der Waals surface area contributed by atoms with E-state index in [4.69, 9.17) is 14.2 Å². The number of fused-ring (bicyclic) bond motifs is 6. The Labute approximate surface area is 129 Å². The number of carbonyl (C=O) groups is 1. The summed E-state index contributed by atoms with van der Waals surface area (Å²) in [6.45, 7) is 1.36. The molecule has 1 aromatic rings. The molecular formula is C17H19NO4. The van der Waals surface area contributed by atoms with Gasteiger partial charge in [0.25, 0.3) is 0 Å². The van der Waals surface area contributed by atoms with Crippen LogP contribution in [0, 0.1) is 5.92 Å². The van der Waals surface area contributed by atoms with Crippen molar-refractivity contribution in [1.29, 1.82) is 0 Å². The van der Waals surface area contributed by atoms with Gasteiger partial charge in [0.2, 0.25) is 6.79 Å². The number of ether oxygens (including phenoxy) is 3. The van der Waals surface area contributed by atoms with Crippen LogP contribution in [0.1, 0.15) is 41.1 Å². The van der Waals surface area contributed by atoms with E-state index in [0.29, 0.717) is 23.3 Å². The minimum absolute atomic E-state index is 0.00201. The van der Waals surface area contributed by atoms with Crippen LogP contribution in [-0.4, -0.2) is 43.4 Å². The Hall–Kier alpha value is -1.75. The molecule has 0 N–H and O–H groups in total. The highest BCUT2D eigenvalue weighted by atomic mass is 16.7. The van der Waals surface area contributed by atoms with Gasteiger partial charge in [-0.1, -0.05) is 0 Å². The summed E-state index contributed by atoms with van der Waals surface area (Å²) in [4.78, 5) is 14.8. The molecule has 1 aliphatic carbocycles. The summed E-state index contributed by atoms with van der Waals surface area (Å²) in [5.74, 6) is 2.17. The van der Waals surface area contributed by atoms with Crippen molar-refractivity contribution >= 4 is 5.97 Å². The molecule has 5 rings (SSSR count). The van der Waals surface area contributed by atoms with Gasteiger partial charge in [-0.05, 0) is 56.5 Å². The van der Waals surface area contributed by atoms with Gasteiger partial charge >= 0.3 is 5.97 Å². The van der Waals surface area contributed by atoms with Gasteiger partial charge in [0.1, 0.15) is 6.10 Å². The van der Waals surface area contributed by atoms with Crippen LogP contribution in [-0.2, 0) is 4.74 Å². The highest BCUT2D eigenvalue weighted by Gasteiger charge is 2.50. The number of likely N-dealkylation sites (N-methyl/N-ethyl adjacent to an activating group) is 1. The molecule has 0 bridgehead atoms. The van der Waals surface area contributed by atoms with Gasteiger partial charge in [-0.15, -0.1) is 0 Å². The fourth-order valence-corrected chi connectivity index (χ4v) is 4.84. The van der Waals surface area contributed by atoms with Gasteiger partial charge in [0.05, 0.1) is 5.56 Å². The summed E-state index contributed by atoms with van der Waals surface area (Å²) in [7, 11) is 2.19. The molecule has 4 atom stereocenters. The van der Waals surface area contributed by atoms with Gasteiger partial charge in [-0.2, -0.15) is 0 Å². The Kier molecular flexibility index (Phi) is 2.54. The zero-order valence-electron chi connectivity index (χ0n) is 12.6. The molecule has 0 aromatic heterocycles. The first-order chi connectivity index (χ1) is 10.7. The first kappa shape index (κ1) is 12.8. The average molecular weight is 301 g/mol. The van der Waals surface area contributed by atoms with Crippen LogP contribution in [0.2, 0.25) is 0 Å². The van der Waals surface area contributed by atoms with E-state index in [0.717, 1.165) is 30.7 Å². The quantitative estimate of drug-likeness (QED) is 0.687. The van der Waals surface area contributed by atoms with Crippen molar-refractivity contribution in [3.8, 4) is 11.5 Å². The molecule has 5 heteroatoms. The van der Waals surface area contributed by atoms with Crippen molar-refractivity contribution < 1.29 is 19.0 Å². The van der Waals surface area contributed by atoms with Gasteiger partial charge in [-0.3, -0.25) is 0 Å². The lowest BCUT2D eigenvalue weighted by atomic mass is 9.70. The molecule has 4 aliphatic rings. The fourth-order valence-electron chi connectivity index (χ4n) is 4.84. The lowest BCUT2D eigenvalue weighted by Crippen LogP contribution is -2.48. The molecule has 3 aliphatic heterocycles. The highest BCUT2D eigenvalue weighted by Crippen LogP contribution is 2.50. The molecule has 0 unspecified atom stereocenters. The number of hydrogen-bond acceptors (Lipinski definition) is 5. The van der Waals surface area contributed by atoms with Gasteiger partial charge < -0.3 is 19.1 Å². The van der Waals surface area contributed by atoms with Crippen molar-refractivity contribution in [2.45, 2.75) is 37.3 Å². The molecule has 0 spiro atoms. The third-order valence-corrected chi connectivity index (χ3v) is 5.82. The van der Waals surface area contributed by atoms with Crippen molar-refractivity contribution in [2.24, 2.45) is 5.92 Å². The van der Waals surface area contributed by atoms with Gasteiger partial charge in [0, 0.05) is 12.0 Å². The summed E-state index contributed by atoms with van der Waals surface area (Å²) in [6, 6.07) is 4.28. The van der Waals surface area contributed by atoms with Crippen molar-refractivity contribution in [2.75, 3.05) is 20.4 Å². The number of rotatable bonds is 0. The van der Waals surface area contributed by atoms with Crippen LogP contribution in [0.15, 0.2) is 12.1 Å². The van der Waals surface area contributed by atoms with E-state index in [9.17, 15) is 4.79 Å². The van der Waals surface area contributed by atoms with E-state index < -0.39 is 0 Å². The first-order valence-electron chi connectivity index (χ1n) is 8.07.